The Balaban J connectivity index is 2.04. The third kappa shape index (κ3) is 4.01. The maximum atomic E-state index is 3.96. The molecular weight excluding hydrogens is 256 g/mol. The van der Waals surface area contributed by atoms with Gasteiger partial charge in [0.25, 0.3) is 0 Å². The van der Waals surface area contributed by atoms with Crippen molar-refractivity contribution in [3.05, 3.63) is 0 Å². The molecule has 124 valence electrons. The first-order valence-electron chi connectivity index (χ1n) is 9.63. The smallest absolute Gasteiger partial charge is 0.0329 e. The van der Waals surface area contributed by atoms with E-state index in [1.165, 1.54) is 71.0 Å². The minimum atomic E-state index is 0.411. The number of hydrogen-bond donors (Lipinski definition) is 1. The first-order chi connectivity index (χ1) is 10.1. The molecule has 1 aliphatic heterocycles. The molecule has 1 saturated heterocycles. The van der Waals surface area contributed by atoms with Crippen molar-refractivity contribution in [2.24, 2.45) is 11.8 Å². The van der Waals surface area contributed by atoms with Gasteiger partial charge in [0.2, 0.25) is 0 Å². The van der Waals surface area contributed by atoms with E-state index in [2.05, 4.69) is 37.9 Å². The molecule has 21 heavy (non-hydrogen) atoms. The molecule has 2 unspecified atom stereocenters. The Hall–Kier alpha value is -0.0800. The van der Waals surface area contributed by atoms with Gasteiger partial charge in [-0.2, -0.15) is 0 Å². The van der Waals surface area contributed by atoms with Crippen LogP contribution in [0.3, 0.4) is 0 Å². The summed E-state index contributed by atoms with van der Waals surface area (Å²) in [4.78, 5) is 2.87. The van der Waals surface area contributed by atoms with E-state index < -0.39 is 0 Å². The minimum absolute atomic E-state index is 0.411. The van der Waals surface area contributed by atoms with Crippen molar-refractivity contribution in [2.75, 3.05) is 19.6 Å². The van der Waals surface area contributed by atoms with E-state index in [1.807, 2.05) is 0 Å². The molecule has 0 bridgehead atoms. The van der Waals surface area contributed by atoms with Gasteiger partial charge < -0.3 is 5.32 Å². The number of rotatable bonds is 6. The number of hydrogen-bond acceptors (Lipinski definition) is 2. The highest BCUT2D eigenvalue weighted by Crippen LogP contribution is 2.33. The predicted molar refractivity (Wildman–Crippen MR) is 92.7 cm³/mol. The molecule has 0 amide bonds. The molecule has 2 nitrogen and oxygen atoms in total. The molecular formula is C19H38N2. The summed E-state index contributed by atoms with van der Waals surface area (Å²) in [5.74, 6) is 1.76. The fraction of sp³-hybridized carbons (Fsp3) is 1.00. The van der Waals surface area contributed by atoms with Crippen LogP contribution < -0.4 is 5.32 Å². The quantitative estimate of drug-likeness (QED) is 0.779. The van der Waals surface area contributed by atoms with Gasteiger partial charge in [-0.1, -0.05) is 53.4 Å². The Morgan fingerprint density at radius 3 is 2.33 bits per heavy atom. The molecule has 0 aromatic rings. The van der Waals surface area contributed by atoms with E-state index in [1.54, 1.807) is 0 Å². The number of piperazine rings is 1. The first-order valence-corrected chi connectivity index (χ1v) is 9.63. The van der Waals surface area contributed by atoms with E-state index >= 15 is 0 Å². The van der Waals surface area contributed by atoms with Crippen LogP contribution in [0.2, 0.25) is 0 Å². The van der Waals surface area contributed by atoms with E-state index in [4.69, 9.17) is 0 Å². The molecule has 2 atom stereocenters. The lowest BCUT2D eigenvalue weighted by Gasteiger charge is -2.52. The Morgan fingerprint density at radius 2 is 1.76 bits per heavy atom. The summed E-state index contributed by atoms with van der Waals surface area (Å²) in [6, 6.07) is 0.751. The monoisotopic (exact) mass is 294 g/mol. The summed E-state index contributed by atoms with van der Waals surface area (Å²) in [5, 5.41) is 3.96. The Morgan fingerprint density at radius 1 is 1.10 bits per heavy atom. The zero-order valence-electron chi connectivity index (χ0n) is 15.0. The summed E-state index contributed by atoms with van der Waals surface area (Å²) < 4.78 is 0. The Bertz CT molecular complexity index is 292. The van der Waals surface area contributed by atoms with Crippen LogP contribution in [0.4, 0.5) is 0 Å². The van der Waals surface area contributed by atoms with E-state index in [-0.39, 0.29) is 0 Å². The second-order valence-corrected chi connectivity index (χ2v) is 7.74. The summed E-state index contributed by atoms with van der Waals surface area (Å²) >= 11 is 0. The number of nitrogens with zero attached hydrogens (tertiary/aromatic N) is 1. The van der Waals surface area contributed by atoms with Crippen LogP contribution in [-0.2, 0) is 0 Å². The van der Waals surface area contributed by atoms with Crippen molar-refractivity contribution in [2.45, 2.75) is 90.6 Å². The van der Waals surface area contributed by atoms with Crippen molar-refractivity contribution < 1.29 is 0 Å². The van der Waals surface area contributed by atoms with Gasteiger partial charge >= 0.3 is 0 Å². The van der Waals surface area contributed by atoms with Crippen molar-refractivity contribution in [1.29, 1.82) is 0 Å². The highest BCUT2D eigenvalue weighted by molar-refractivity contribution is 4.99. The molecule has 0 aromatic carbocycles. The summed E-state index contributed by atoms with van der Waals surface area (Å²) in [5.41, 5.74) is 0.411. The van der Waals surface area contributed by atoms with Crippen molar-refractivity contribution >= 4 is 0 Å². The molecule has 2 heteroatoms. The molecule has 1 aliphatic carbocycles. The molecule has 1 heterocycles. The van der Waals surface area contributed by atoms with Gasteiger partial charge in [0.05, 0.1) is 0 Å². The van der Waals surface area contributed by atoms with Gasteiger partial charge in [-0.25, -0.2) is 0 Å². The van der Waals surface area contributed by atoms with Crippen LogP contribution >= 0.6 is 0 Å². The lowest BCUT2D eigenvalue weighted by Crippen LogP contribution is -2.66. The molecule has 1 saturated carbocycles. The third-order valence-corrected chi connectivity index (χ3v) is 6.55. The molecule has 1 N–H and O–H groups in total. The van der Waals surface area contributed by atoms with E-state index in [9.17, 15) is 0 Å². The first kappa shape index (κ1) is 17.3. The van der Waals surface area contributed by atoms with Crippen LogP contribution in [0.15, 0.2) is 0 Å². The van der Waals surface area contributed by atoms with Crippen molar-refractivity contribution in [3.63, 3.8) is 0 Å². The van der Waals surface area contributed by atoms with Gasteiger partial charge in [0.15, 0.2) is 0 Å². The second-order valence-electron chi connectivity index (χ2n) is 7.74. The Labute approximate surface area is 133 Å². The lowest BCUT2D eigenvalue weighted by molar-refractivity contribution is 0.00467. The van der Waals surface area contributed by atoms with Gasteiger partial charge in [0.1, 0.15) is 0 Å². The highest BCUT2D eigenvalue weighted by atomic mass is 15.3. The van der Waals surface area contributed by atoms with Gasteiger partial charge in [-0.05, 0) is 37.5 Å². The van der Waals surface area contributed by atoms with Crippen LogP contribution in [0.1, 0.15) is 79.1 Å². The highest BCUT2D eigenvalue weighted by Gasteiger charge is 2.41. The lowest BCUT2D eigenvalue weighted by atomic mass is 9.79. The molecule has 0 spiro atoms. The van der Waals surface area contributed by atoms with Crippen molar-refractivity contribution in [1.82, 2.24) is 10.2 Å². The fourth-order valence-electron chi connectivity index (χ4n) is 4.50. The maximum absolute atomic E-state index is 3.96. The molecule has 0 aromatic heterocycles. The molecule has 0 radical (unpaired) electrons. The largest absolute Gasteiger partial charge is 0.311 e. The Kier molecular flexibility index (Phi) is 6.55. The molecule has 2 rings (SSSR count). The van der Waals surface area contributed by atoms with Crippen LogP contribution in [0.25, 0.3) is 0 Å². The van der Waals surface area contributed by atoms with E-state index in [0.29, 0.717) is 5.54 Å². The van der Waals surface area contributed by atoms with Gasteiger partial charge in [0, 0.05) is 31.2 Å². The normalized spacial score (nSPS) is 29.4. The van der Waals surface area contributed by atoms with Crippen LogP contribution in [0.5, 0.6) is 0 Å². The summed E-state index contributed by atoms with van der Waals surface area (Å²) in [6.07, 6.45) is 11.2. The fourth-order valence-corrected chi connectivity index (χ4v) is 4.50. The topological polar surface area (TPSA) is 15.3 Å². The third-order valence-electron chi connectivity index (χ3n) is 6.55. The molecule has 2 aliphatic rings. The SMILES string of the molecule is CCC(C)CN1CC(C2CCCCC2)NCC1(CC)CC. The standard InChI is InChI=1S/C19H38N2/c1-5-16(4)13-21-14-18(17-11-9-8-10-12-17)20-15-19(21,6-2)7-3/h16-18,20H,5-15H2,1-4H3. The van der Waals surface area contributed by atoms with E-state index in [0.717, 1.165) is 17.9 Å². The predicted octanol–water partition coefficient (Wildman–Crippen LogP) is 4.45. The average Bonchev–Trinajstić information content (AvgIpc) is 2.55. The zero-order chi connectivity index (χ0) is 15.3. The summed E-state index contributed by atoms with van der Waals surface area (Å²) in [7, 11) is 0. The van der Waals surface area contributed by atoms with Gasteiger partial charge in [-0.3, -0.25) is 4.90 Å². The van der Waals surface area contributed by atoms with Crippen LogP contribution in [0, 0.1) is 11.8 Å². The molecule has 2 fully saturated rings. The minimum Gasteiger partial charge on any atom is -0.311 e. The van der Waals surface area contributed by atoms with Crippen LogP contribution in [-0.4, -0.2) is 36.1 Å². The maximum Gasteiger partial charge on any atom is 0.0329 e. The second kappa shape index (κ2) is 7.97. The number of nitrogens with one attached hydrogen (secondary N) is 1. The van der Waals surface area contributed by atoms with Crippen molar-refractivity contribution in [3.8, 4) is 0 Å². The summed E-state index contributed by atoms with van der Waals surface area (Å²) in [6.45, 7) is 13.3. The average molecular weight is 295 g/mol. The van der Waals surface area contributed by atoms with Gasteiger partial charge in [-0.15, -0.1) is 0 Å². The zero-order valence-corrected chi connectivity index (χ0v) is 15.0.